The average Bonchev–Trinajstić information content (AvgIpc) is 2.50. The molecule has 0 spiro atoms. The molecule has 0 saturated heterocycles. The van der Waals surface area contributed by atoms with Crippen LogP contribution in [0.5, 0.6) is 0 Å². The fourth-order valence-corrected chi connectivity index (χ4v) is 1.80. The molecular formula is C17H25N3O. The average molecular weight is 287 g/mol. The number of hydrogen-bond acceptors (Lipinski definition) is 3. The number of amides is 1. The van der Waals surface area contributed by atoms with Crippen molar-refractivity contribution in [1.29, 1.82) is 0 Å². The van der Waals surface area contributed by atoms with Gasteiger partial charge in [0.15, 0.2) is 0 Å². The van der Waals surface area contributed by atoms with Crippen LogP contribution in [-0.2, 0) is 6.54 Å². The monoisotopic (exact) mass is 287 g/mol. The number of nitrogens with two attached hydrogens (primary N) is 2. The van der Waals surface area contributed by atoms with Crippen LogP contribution in [0.3, 0.4) is 0 Å². The third-order valence-corrected chi connectivity index (χ3v) is 2.89. The highest BCUT2D eigenvalue weighted by Gasteiger charge is 2.11. The van der Waals surface area contributed by atoms with Gasteiger partial charge >= 0.3 is 0 Å². The Labute approximate surface area is 126 Å². The minimum Gasteiger partial charge on any atom is -0.397 e. The zero-order valence-electron chi connectivity index (χ0n) is 12.9. The molecule has 114 valence electrons. The molecule has 0 unspecified atom stereocenters. The Kier molecular flexibility index (Phi) is 7.26. The number of hydrogen-bond donors (Lipinski definition) is 3. The largest absolute Gasteiger partial charge is 0.397 e. The Morgan fingerprint density at radius 2 is 1.71 bits per heavy atom. The Balaban J connectivity index is 0.000000677. The van der Waals surface area contributed by atoms with Crippen molar-refractivity contribution < 1.29 is 4.79 Å². The highest BCUT2D eigenvalue weighted by molar-refractivity contribution is 5.95. The van der Waals surface area contributed by atoms with Crippen LogP contribution in [0.1, 0.15) is 49.0 Å². The third-order valence-electron chi connectivity index (χ3n) is 2.89. The molecular weight excluding hydrogens is 262 g/mol. The van der Waals surface area contributed by atoms with E-state index < -0.39 is 0 Å². The lowest BCUT2D eigenvalue weighted by Crippen LogP contribution is -2.27. The first-order valence-electron chi connectivity index (χ1n) is 7.38. The summed E-state index contributed by atoms with van der Waals surface area (Å²) < 4.78 is 0. The van der Waals surface area contributed by atoms with Gasteiger partial charge in [-0.2, -0.15) is 0 Å². The van der Waals surface area contributed by atoms with Crippen molar-refractivity contribution in [2.24, 2.45) is 11.5 Å². The van der Waals surface area contributed by atoms with Gasteiger partial charge in [-0.1, -0.05) is 44.6 Å². The third kappa shape index (κ3) is 5.44. The molecule has 0 atom stereocenters. The van der Waals surface area contributed by atoms with Gasteiger partial charge in [0.2, 0.25) is 0 Å². The minimum absolute atomic E-state index is 0.150. The van der Waals surface area contributed by atoms with Gasteiger partial charge < -0.3 is 16.8 Å². The van der Waals surface area contributed by atoms with Gasteiger partial charge in [-0.05, 0) is 30.5 Å². The van der Waals surface area contributed by atoms with E-state index >= 15 is 0 Å². The molecule has 2 rings (SSSR count). The molecule has 21 heavy (non-hydrogen) atoms. The lowest BCUT2D eigenvalue weighted by atomic mass is 10.1. The van der Waals surface area contributed by atoms with Crippen molar-refractivity contribution in [3.8, 4) is 0 Å². The van der Waals surface area contributed by atoms with E-state index in [0.29, 0.717) is 23.5 Å². The summed E-state index contributed by atoms with van der Waals surface area (Å²) in [5, 5.41) is 2.82. The van der Waals surface area contributed by atoms with Crippen LogP contribution in [-0.4, -0.2) is 5.91 Å². The number of benzene rings is 1. The van der Waals surface area contributed by atoms with E-state index in [1.165, 1.54) is 6.42 Å². The van der Waals surface area contributed by atoms with Gasteiger partial charge in [0.1, 0.15) is 0 Å². The molecule has 1 amide bonds. The maximum atomic E-state index is 12.0. The summed E-state index contributed by atoms with van der Waals surface area (Å²) in [5.74, 6) is -0.150. The quantitative estimate of drug-likeness (QED) is 0.799. The molecule has 0 radical (unpaired) electrons. The maximum absolute atomic E-state index is 12.0. The summed E-state index contributed by atoms with van der Waals surface area (Å²) in [7, 11) is 0. The molecule has 4 nitrogen and oxygen atoms in total. The van der Waals surface area contributed by atoms with Crippen LogP contribution >= 0.6 is 0 Å². The predicted octanol–water partition coefficient (Wildman–Crippen LogP) is 2.81. The molecule has 0 saturated carbocycles. The molecule has 1 aliphatic rings. The Hall–Kier alpha value is -2.07. The lowest BCUT2D eigenvalue weighted by molar-refractivity contribution is 0.0966. The van der Waals surface area contributed by atoms with E-state index in [9.17, 15) is 4.79 Å². The van der Waals surface area contributed by atoms with Gasteiger partial charge in [-0.3, -0.25) is 4.79 Å². The number of nitrogens with one attached hydrogen (secondary N) is 1. The van der Waals surface area contributed by atoms with Crippen molar-refractivity contribution in [2.45, 2.75) is 39.7 Å². The summed E-state index contributed by atoms with van der Waals surface area (Å²) in [5.41, 5.74) is 14.3. The first-order valence-corrected chi connectivity index (χ1v) is 7.38. The molecule has 1 aromatic carbocycles. The van der Waals surface area contributed by atoms with Gasteiger partial charge in [0.05, 0.1) is 11.4 Å². The molecule has 1 aliphatic carbocycles. The van der Waals surface area contributed by atoms with Crippen LogP contribution in [0.2, 0.25) is 0 Å². The first-order chi connectivity index (χ1) is 10.1. The van der Waals surface area contributed by atoms with E-state index in [0.717, 1.165) is 18.4 Å². The molecule has 0 bridgehead atoms. The topological polar surface area (TPSA) is 81.1 Å². The smallest absolute Gasteiger partial charge is 0.255 e. The number of carbonyl (C=O) groups excluding carboxylic acids is 1. The second-order valence-electron chi connectivity index (χ2n) is 4.92. The van der Waals surface area contributed by atoms with E-state index in [2.05, 4.69) is 19.2 Å². The fraction of sp³-hybridized carbons (Fsp3) is 0.353. The second-order valence-corrected chi connectivity index (χ2v) is 4.92. The standard InChI is InChI=1S/C14H17N3O.C3H8/c15-9-10-5-7-11(8-6-10)14(18)17-13-4-2-1-3-12(13)16;1-3-2/h3-8H,1-2,9,15-16H2,(H,17,18);3H2,1-2H3. The summed E-state index contributed by atoms with van der Waals surface area (Å²) in [6, 6.07) is 7.23. The van der Waals surface area contributed by atoms with Crippen molar-refractivity contribution in [2.75, 3.05) is 0 Å². The second kappa shape index (κ2) is 8.97. The maximum Gasteiger partial charge on any atom is 0.255 e. The van der Waals surface area contributed by atoms with E-state index in [4.69, 9.17) is 11.5 Å². The van der Waals surface area contributed by atoms with Gasteiger partial charge in [-0.25, -0.2) is 0 Å². The van der Waals surface area contributed by atoms with Crippen molar-refractivity contribution >= 4 is 5.91 Å². The van der Waals surface area contributed by atoms with Crippen LogP contribution in [0, 0.1) is 0 Å². The molecule has 4 heteroatoms. The number of carbonyl (C=O) groups is 1. The molecule has 0 fully saturated rings. The summed E-state index contributed by atoms with van der Waals surface area (Å²) in [6.07, 6.45) is 6.95. The summed E-state index contributed by atoms with van der Waals surface area (Å²) in [4.78, 5) is 12.0. The van der Waals surface area contributed by atoms with Crippen LogP contribution in [0.15, 0.2) is 47.8 Å². The Bertz CT molecular complexity index is 515. The SMILES string of the molecule is CCC.NCc1ccc(C(=O)NC2=CCCC=C2N)cc1. The van der Waals surface area contributed by atoms with Gasteiger partial charge in [0, 0.05) is 12.1 Å². The fourth-order valence-electron chi connectivity index (χ4n) is 1.80. The summed E-state index contributed by atoms with van der Waals surface area (Å²) in [6.45, 7) is 4.72. The normalized spacial score (nSPS) is 13.5. The van der Waals surface area contributed by atoms with Crippen LogP contribution < -0.4 is 16.8 Å². The van der Waals surface area contributed by atoms with Crippen molar-refractivity contribution in [1.82, 2.24) is 5.32 Å². The van der Waals surface area contributed by atoms with Gasteiger partial charge in [0.25, 0.3) is 5.91 Å². The Morgan fingerprint density at radius 1 is 1.14 bits per heavy atom. The van der Waals surface area contributed by atoms with Crippen LogP contribution in [0.25, 0.3) is 0 Å². The van der Waals surface area contributed by atoms with Gasteiger partial charge in [-0.15, -0.1) is 0 Å². The van der Waals surface area contributed by atoms with Crippen molar-refractivity contribution in [3.05, 3.63) is 58.9 Å². The lowest BCUT2D eigenvalue weighted by Gasteiger charge is -2.13. The molecule has 5 N–H and O–H groups in total. The van der Waals surface area contributed by atoms with E-state index in [1.54, 1.807) is 12.1 Å². The molecule has 1 aromatic rings. The molecule has 0 aliphatic heterocycles. The highest BCUT2D eigenvalue weighted by Crippen LogP contribution is 2.13. The van der Waals surface area contributed by atoms with Crippen LogP contribution in [0.4, 0.5) is 0 Å². The van der Waals surface area contributed by atoms with E-state index in [-0.39, 0.29) is 5.91 Å². The first kappa shape index (κ1) is 17.0. The summed E-state index contributed by atoms with van der Waals surface area (Å²) >= 11 is 0. The molecule has 0 aromatic heterocycles. The zero-order valence-corrected chi connectivity index (χ0v) is 12.9. The Morgan fingerprint density at radius 3 is 2.24 bits per heavy atom. The predicted molar refractivity (Wildman–Crippen MR) is 87.4 cm³/mol. The zero-order chi connectivity index (χ0) is 15.7. The number of allylic oxidation sites excluding steroid dienone is 2. The highest BCUT2D eigenvalue weighted by atomic mass is 16.1. The molecule has 0 heterocycles. The van der Waals surface area contributed by atoms with Crippen molar-refractivity contribution in [3.63, 3.8) is 0 Å². The number of rotatable bonds is 3. The minimum atomic E-state index is -0.150. The van der Waals surface area contributed by atoms with E-state index in [1.807, 2.05) is 24.3 Å².